The van der Waals surface area contributed by atoms with Crippen molar-refractivity contribution in [2.45, 2.75) is 33.1 Å². The summed E-state index contributed by atoms with van der Waals surface area (Å²) in [7, 11) is 0. The number of benzene rings is 1. The van der Waals surface area contributed by atoms with Gasteiger partial charge >= 0.3 is 0 Å². The summed E-state index contributed by atoms with van der Waals surface area (Å²) in [4.78, 5) is 14.2. The fourth-order valence-corrected chi connectivity index (χ4v) is 3.44. The van der Waals surface area contributed by atoms with E-state index in [2.05, 4.69) is 15.4 Å². The largest absolute Gasteiger partial charge is 0.318 e. The van der Waals surface area contributed by atoms with Gasteiger partial charge < -0.3 is 4.57 Å². The van der Waals surface area contributed by atoms with Crippen LogP contribution in [-0.4, -0.2) is 41.2 Å². The molecule has 1 aromatic carbocycles. The topological polar surface area (TPSA) is 49.6 Å². The molecule has 5 nitrogen and oxygen atoms in total. The first-order chi connectivity index (χ1) is 12.5. The van der Waals surface area contributed by atoms with E-state index in [-0.39, 0.29) is 11.7 Å². The molecule has 0 unspecified atom stereocenters. The van der Waals surface area contributed by atoms with E-state index in [0.717, 1.165) is 48.6 Å². The molecule has 0 aliphatic carbocycles. The Bertz CT molecular complexity index is 789. The monoisotopic (exact) mass is 356 g/mol. The summed E-state index contributed by atoms with van der Waals surface area (Å²) in [6.07, 6.45) is 5.23. The first-order valence-electron chi connectivity index (χ1n) is 9.04. The Morgan fingerprint density at radius 2 is 1.88 bits per heavy atom. The van der Waals surface area contributed by atoms with Gasteiger partial charge in [-0.05, 0) is 70.1 Å². The van der Waals surface area contributed by atoms with Gasteiger partial charge in [0.2, 0.25) is 0 Å². The van der Waals surface area contributed by atoms with Gasteiger partial charge in [-0.2, -0.15) is 5.10 Å². The van der Waals surface area contributed by atoms with Crippen molar-refractivity contribution in [3.8, 4) is 5.69 Å². The number of aryl methyl sites for hydroxylation is 1. The number of aromatic nitrogens is 1. The highest BCUT2D eigenvalue weighted by Crippen LogP contribution is 2.20. The lowest BCUT2D eigenvalue weighted by molar-refractivity contribution is -0.122. The standard InChI is InChI=1S/C20H25FN4O/c1-15-12-17(16(2)25(15)19-8-6-18(21)7-9-19)13-22-23-20(26)14-24-10-4-3-5-11-24/h6-9,12-13H,3-5,10-11,14H2,1-2H3,(H,23,26)/b22-13+. The molecule has 1 aromatic heterocycles. The minimum absolute atomic E-state index is 0.0875. The number of carbonyl (C=O) groups excluding carboxylic acids is 1. The van der Waals surface area contributed by atoms with E-state index < -0.39 is 0 Å². The first kappa shape index (κ1) is 18.3. The van der Waals surface area contributed by atoms with Crippen molar-refractivity contribution < 1.29 is 9.18 Å². The Balaban J connectivity index is 1.64. The third-order valence-electron chi connectivity index (χ3n) is 4.76. The molecule has 0 spiro atoms. The normalized spacial score (nSPS) is 15.5. The van der Waals surface area contributed by atoms with Crippen LogP contribution in [-0.2, 0) is 4.79 Å². The number of piperidine rings is 1. The minimum atomic E-state index is -0.255. The summed E-state index contributed by atoms with van der Waals surface area (Å²) in [6.45, 7) is 6.33. The summed E-state index contributed by atoms with van der Waals surface area (Å²) in [5, 5.41) is 4.11. The maximum absolute atomic E-state index is 13.1. The van der Waals surface area contributed by atoms with Crippen LogP contribution in [0.4, 0.5) is 4.39 Å². The van der Waals surface area contributed by atoms with E-state index in [1.807, 2.05) is 24.5 Å². The second kappa shape index (κ2) is 8.27. The third kappa shape index (κ3) is 4.38. The Labute approximate surface area is 153 Å². The van der Waals surface area contributed by atoms with E-state index in [9.17, 15) is 9.18 Å². The molecule has 1 aliphatic rings. The van der Waals surface area contributed by atoms with Crippen molar-refractivity contribution in [2.75, 3.05) is 19.6 Å². The van der Waals surface area contributed by atoms with Gasteiger partial charge in [-0.1, -0.05) is 6.42 Å². The predicted octanol–water partition coefficient (Wildman–Crippen LogP) is 3.17. The maximum atomic E-state index is 13.1. The molecule has 1 aliphatic heterocycles. The van der Waals surface area contributed by atoms with Gasteiger partial charge in [0.05, 0.1) is 12.8 Å². The average Bonchev–Trinajstić information content (AvgIpc) is 2.90. The van der Waals surface area contributed by atoms with Crippen molar-refractivity contribution in [3.63, 3.8) is 0 Å². The van der Waals surface area contributed by atoms with Crippen molar-refractivity contribution >= 4 is 12.1 Å². The lowest BCUT2D eigenvalue weighted by Gasteiger charge is -2.25. The molecule has 1 N–H and O–H groups in total. The molecule has 26 heavy (non-hydrogen) atoms. The molecule has 3 rings (SSSR count). The number of carbonyl (C=O) groups is 1. The summed E-state index contributed by atoms with van der Waals surface area (Å²) < 4.78 is 15.2. The smallest absolute Gasteiger partial charge is 0.254 e. The molecule has 1 saturated heterocycles. The van der Waals surface area contributed by atoms with Crippen molar-refractivity contribution in [3.05, 3.63) is 53.1 Å². The molecular weight excluding hydrogens is 331 g/mol. The van der Waals surface area contributed by atoms with E-state index in [1.54, 1.807) is 18.3 Å². The first-order valence-corrected chi connectivity index (χ1v) is 9.04. The number of amides is 1. The van der Waals surface area contributed by atoms with Gasteiger partial charge in [0.1, 0.15) is 5.82 Å². The quantitative estimate of drug-likeness (QED) is 0.661. The van der Waals surface area contributed by atoms with Gasteiger partial charge in [0, 0.05) is 22.6 Å². The summed E-state index contributed by atoms with van der Waals surface area (Å²) in [6, 6.07) is 8.39. The molecule has 2 heterocycles. The fraction of sp³-hybridized carbons (Fsp3) is 0.400. The zero-order valence-electron chi connectivity index (χ0n) is 15.3. The van der Waals surface area contributed by atoms with E-state index in [4.69, 9.17) is 0 Å². The number of halogens is 1. The number of rotatable bonds is 5. The van der Waals surface area contributed by atoms with Crippen molar-refractivity contribution in [1.29, 1.82) is 0 Å². The van der Waals surface area contributed by atoms with Gasteiger partial charge in [0.15, 0.2) is 0 Å². The van der Waals surface area contributed by atoms with Crippen LogP contribution in [0.5, 0.6) is 0 Å². The molecule has 0 saturated carbocycles. The summed E-state index contributed by atoms with van der Waals surface area (Å²) >= 11 is 0. The van der Waals surface area contributed by atoms with Crippen LogP contribution in [0.1, 0.15) is 36.2 Å². The van der Waals surface area contributed by atoms with Gasteiger partial charge in [-0.3, -0.25) is 9.69 Å². The Morgan fingerprint density at radius 3 is 2.58 bits per heavy atom. The molecule has 1 amide bonds. The number of hydrogen-bond acceptors (Lipinski definition) is 3. The zero-order valence-corrected chi connectivity index (χ0v) is 15.3. The summed E-state index contributed by atoms with van der Waals surface area (Å²) in [5.74, 6) is -0.343. The number of nitrogens with one attached hydrogen (secondary N) is 1. The van der Waals surface area contributed by atoms with Crippen LogP contribution in [0.2, 0.25) is 0 Å². The average molecular weight is 356 g/mol. The second-order valence-electron chi connectivity index (χ2n) is 6.77. The molecule has 1 fully saturated rings. The maximum Gasteiger partial charge on any atom is 0.254 e. The summed E-state index contributed by atoms with van der Waals surface area (Å²) in [5.41, 5.74) is 6.44. The highest BCUT2D eigenvalue weighted by atomic mass is 19.1. The predicted molar refractivity (Wildman–Crippen MR) is 101 cm³/mol. The molecule has 0 bridgehead atoms. The van der Waals surface area contributed by atoms with Gasteiger partial charge in [0.25, 0.3) is 5.91 Å². The number of hydrazone groups is 1. The SMILES string of the molecule is Cc1cc(/C=N/NC(=O)CN2CCCCC2)c(C)n1-c1ccc(F)cc1. The molecule has 2 aromatic rings. The van der Waals surface area contributed by atoms with E-state index in [1.165, 1.54) is 18.6 Å². The highest BCUT2D eigenvalue weighted by Gasteiger charge is 2.13. The molecule has 0 radical (unpaired) electrons. The minimum Gasteiger partial charge on any atom is -0.318 e. The van der Waals surface area contributed by atoms with Crippen molar-refractivity contribution in [1.82, 2.24) is 14.9 Å². The van der Waals surface area contributed by atoms with Crippen LogP contribution < -0.4 is 5.43 Å². The molecule has 6 heteroatoms. The lowest BCUT2D eigenvalue weighted by Crippen LogP contribution is -2.38. The lowest BCUT2D eigenvalue weighted by atomic mass is 10.1. The number of nitrogens with zero attached hydrogens (tertiary/aromatic N) is 3. The molecular formula is C20H25FN4O. The zero-order chi connectivity index (χ0) is 18.5. The Hall–Kier alpha value is -2.47. The van der Waals surface area contributed by atoms with Crippen LogP contribution in [0.25, 0.3) is 5.69 Å². The third-order valence-corrected chi connectivity index (χ3v) is 4.76. The molecule has 138 valence electrons. The van der Waals surface area contributed by atoms with Gasteiger partial charge in [-0.15, -0.1) is 0 Å². The second-order valence-corrected chi connectivity index (χ2v) is 6.77. The number of likely N-dealkylation sites (tertiary alicyclic amines) is 1. The molecule has 0 atom stereocenters. The van der Waals surface area contributed by atoms with E-state index >= 15 is 0 Å². The van der Waals surface area contributed by atoms with Crippen LogP contribution in [0.15, 0.2) is 35.4 Å². The van der Waals surface area contributed by atoms with Gasteiger partial charge in [-0.25, -0.2) is 9.82 Å². The van der Waals surface area contributed by atoms with E-state index in [0.29, 0.717) is 6.54 Å². The van der Waals surface area contributed by atoms with Crippen LogP contribution in [0.3, 0.4) is 0 Å². The fourth-order valence-electron chi connectivity index (χ4n) is 3.44. The Morgan fingerprint density at radius 1 is 1.19 bits per heavy atom. The Kier molecular flexibility index (Phi) is 5.83. The van der Waals surface area contributed by atoms with Crippen molar-refractivity contribution in [2.24, 2.45) is 5.10 Å². The highest BCUT2D eigenvalue weighted by molar-refractivity contribution is 5.84. The van der Waals surface area contributed by atoms with Crippen LogP contribution in [0, 0.1) is 19.7 Å². The number of hydrogen-bond donors (Lipinski definition) is 1. The van der Waals surface area contributed by atoms with Crippen LogP contribution >= 0.6 is 0 Å².